The van der Waals surface area contributed by atoms with E-state index in [4.69, 9.17) is 9.47 Å². The second-order valence-electron chi connectivity index (χ2n) is 6.15. The van der Waals surface area contributed by atoms with Gasteiger partial charge in [-0.2, -0.15) is 0 Å². The SMILES string of the molecule is Cc1nc(COc2ccccc2/C=C/C(=O)OC2CC(C)C2)cs1. The Hall–Kier alpha value is -2.14. The predicted octanol–water partition coefficient (Wildman–Crippen LogP) is 4.39. The maximum atomic E-state index is 11.9. The summed E-state index contributed by atoms with van der Waals surface area (Å²) < 4.78 is 11.2. The van der Waals surface area contributed by atoms with Crippen molar-refractivity contribution in [3.8, 4) is 5.75 Å². The van der Waals surface area contributed by atoms with E-state index in [1.165, 1.54) is 6.08 Å². The minimum atomic E-state index is -0.295. The molecule has 1 heterocycles. The molecule has 1 fully saturated rings. The Kier molecular flexibility index (Phi) is 5.30. The van der Waals surface area contributed by atoms with E-state index in [1.807, 2.05) is 36.6 Å². The minimum Gasteiger partial charge on any atom is -0.487 e. The van der Waals surface area contributed by atoms with E-state index in [1.54, 1.807) is 17.4 Å². The molecule has 1 saturated carbocycles. The third kappa shape index (κ3) is 4.45. The summed E-state index contributed by atoms with van der Waals surface area (Å²) in [5.41, 5.74) is 1.76. The number of carbonyl (C=O) groups excluding carboxylic acids is 1. The number of hydrogen-bond acceptors (Lipinski definition) is 5. The van der Waals surface area contributed by atoms with Gasteiger partial charge in [0.15, 0.2) is 0 Å². The summed E-state index contributed by atoms with van der Waals surface area (Å²) in [5, 5.41) is 3.01. The van der Waals surface area contributed by atoms with Crippen molar-refractivity contribution in [2.75, 3.05) is 0 Å². The van der Waals surface area contributed by atoms with Crippen molar-refractivity contribution >= 4 is 23.4 Å². The van der Waals surface area contributed by atoms with Gasteiger partial charge in [-0.1, -0.05) is 25.1 Å². The van der Waals surface area contributed by atoms with Crippen LogP contribution >= 0.6 is 11.3 Å². The van der Waals surface area contributed by atoms with Crippen LogP contribution in [-0.2, 0) is 16.1 Å². The van der Waals surface area contributed by atoms with E-state index in [9.17, 15) is 4.79 Å². The number of thiazole rings is 1. The highest BCUT2D eigenvalue weighted by Crippen LogP contribution is 2.29. The zero-order valence-electron chi connectivity index (χ0n) is 13.9. The molecule has 0 amide bonds. The zero-order chi connectivity index (χ0) is 16.9. The molecule has 4 nitrogen and oxygen atoms in total. The number of aromatic nitrogens is 1. The number of para-hydroxylation sites is 1. The van der Waals surface area contributed by atoms with Gasteiger partial charge in [0.05, 0.1) is 10.7 Å². The number of ether oxygens (including phenoxy) is 2. The van der Waals surface area contributed by atoms with Crippen molar-refractivity contribution in [3.63, 3.8) is 0 Å². The lowest BCUT2D eigenvalue weighted by Gasteiger charge is -2.31. The van der Waals surface area contributed by atoms with Crippen LogP contribution in [0.1, 0.15) is 36.0 Å². The molecule has 126 valence electrons. The highest BCUT2D eigenvalue weighted by molar-refractivity contribution is 7.09. The average molecular weight is 343 g/mol. The van der Waals surface area contributed by atoms with Gasteiger partial charge in [-0.05, 0) is 37.8 Å². The summed E-state index contributed by atoms with van der Waals surface area (Å²) in [5.74, 6) is 1.09. The third-order valence-corrected chi connectivity index (χ3v) is 4.80. The summed E-state index contributed by atoms with van der Waals surface area (Å²) in [4.78, 5) is 16.2. The van der Waals surface area contributed by atoms with Crippen molar-refractivity contribution in [3.05, 3.63) is 52.0 Å². The molecule has 0 bridgehead atoms. The van der Waals surface area contributed by atoms with Crippen molar-refractivity contribution in [1.29, 1.82) is 0 Å². The predicted molar refractivity (Wildman–Crippen MR) is 94.9 cm³/mol. The quantitative estimate of drug-likeness (QED) is 0.577. The average Bonchev–Trinajstić information content (AvgIpc) is 2.96. The number of hydrogen-bond donors (Lipinski definition) is 0. The zero-order valence-corrected chi connectivity index (χ0v) is 14.7. The first-order valence-corrected chi connectivity index (χ1v) is 8.99. The topological polar surface area (TPSA) is 48.4 Å². The van der Waals surface area contributed by atoms with Gasteiger partial charge >= 0.3 is 5.97 Å². The fourth-order valence-corrected chi connectivity index (χ4v) is 3.26. The highest BCUT2D eigenvalue weighted by atomic mass is 32.1. The lowest BCUT2D eigenvalue weighted by Crippen LogP contribution is -2.31. The molecule has 1 aliphatic rings. The normalized spacial score (nSPS) is 19.9. The summed E-state index contributed by atoms with van der Waals surface area (Å²) >= 11 is 1.60. The first-order chi connectivity index (χ1) is 11.6. The van der Waals surface area contributed by atoms with Crippen LogP contribution in [0.2, 0.25) is 0 Å². The van der Waals surface area contributed by atoms with Crippen molar-refractivity contribution < 1.29 is 14.3 Å². The standard InChI is InChI=1S/C19H21NO3S/c1-13-9-17(10-13)23-19(21)8-7-15-5-3-4-6-18(15)22-11-16-12-24-14(2)20-16/h3-8,12-13,17H,9-11H2,1-2H3/b8-7+. The van der Waals surface area contributed by atoms with Crippen molar-refractivity contribution in [2.45, 2.75) is 39.4 Å². The molecule has 1 aliphatic carbocycles. The van der Waals surface area contributed by atoms with Gasteiger partial charge in [-0.25, -0.2) is 9.78 Å². The molecule has 24 heavy (non-hydrogen) atoms. The molecule has 0 saturated heterocycles. The molecule has 2 aromatic rings. The van der Waals surface area contributed by atoms with Crippen LogP contribution in [0.15, 0.2) is 35.7 Å². The van der Waals surface area contributed by atoms with Crippen LogP contribution in [0.5, 0.6) is 5.75 Å². The van der Waals surface area contributed by atoms with Gasteiger partial charge in [-0.15, -0.1) is 11.3 Å². The molecule has 0 N–H and O–H groups in total. The molecule has 1 aromatic carbocycles. The molecular weight excluding hydrogens is 322 g/mol. The number of carbonyl (C=O) groups is 1. The van der Waals surface area contributed by atoms with E-state index >= 15 is 0 Å². The second-order valence-corrected chi connectivity index (χ2v) is 7.22. The van der Waals surface area contributed by atoms with E-state index in [0.717, 1.165) is 34.9 Å². The van der Waals surface area contributed by atoms with Crippen LogP contribution in [0.3, 0.4) is 0 Å². The fraction of sp³-hybridized carbons (Fsp3) is 0.368. The molecular formula is C19H21NO3S. The van der Waals surface area contributed by atoms with Crippen molar-refractivity contribution in [1.82, 2.24) is 4.98 Å². The largest absolute Gasteiger partial charge is 0.487 e. The minimum absolute atomic E-state index is 0.0801. The summed E-state index contributed by atoms with van der Waals surface area (Å²) in [6.07, 6.45) is 5.22. The lowest BCUT2D eigenvalue weighted by molar-refractivity contribution is -0.148. The number of benzene rings is 1. The Morgan fingerprint density at radius 1 is 1.38 bits per heavy atom. The van der Waals surface area contributed by atoms with E-state index in [-0.39, 0.29) is 12.1 Å². The van der Waals surface area contributed by atoms with Gasteiger partial charge in [0.1, 0.15) is 18.5 Å². The lowest BCUT2D eigenvalue weighted by atomic mass is 9.84. The van der Waals surface area contributed by atoms with Crippen LogP contribution in [-0.4, -0.2) is 17.1 Å². The van der Waals surface area contributed by atoms with Crippen LogP contribution in [0, 0.1) is 12.8 Å². The maximum Gasteiger partial charge on any atom is 0.331 e. The maximum absolute atomic E-state index is 11.9. The first-order valence-electron chi connectivity index (χ1n) is 8.11. The summed E-state index contributed by atoms with van der Waals surface area (Å²) in [6, 6.07) is 7.63. The molecule has 1 aromatic heterocycles. The number of rotatable bonds is 6. The molecule has 0 radical (unpaired) electrons. The van der Waals surface area contributed by atoms with Gasteiger partial charge in [0.2, 0.25) is 0 Å². The first kappa shape index (κ1) is 16.7. The van der Waals surface area contributed by atoms with E-state index in [0.29, 0.717) is 12.5 Å². The smallest absolute Gasteiger partial charge is 0.331 e. The molecule has 3 rings (SSSR count). The second kappa shape index (κ2) is 7.62. The summed E-state index contributed by atoms with van der Waals surface area (Å²) in [7, 11) is 0. The van der Waals surface area contributed by atoms with E-state index < -0.39 is 0 Å². The van der Waals surface area contributed by atoms with Crippen LogP contribution in [0.25, 0.3) is 6.08 Å². The fourth-order valence-electron chi connectivity index (χ4n) is 2.66. The van der Waals surface area contributed by atoms with Crippen LogP contribution in [0.4, 0.5) is 0 Å². The number of esters is 1. The van der Waals surface area contributed by atoms with Gasteiger partial charge in [-0.3, -0.25) is 0 Å². The molecule has 0 atom stereocenters. The number of aryl methyl sites for hydroxylation is 1. The van der Waals surface area contributed by atoms with Crippen molar-refractivity contribution in [2.24, 2.45) is 5.92 Å². The number of nitrogens with zero attached hydrogens (tertiary/aromatic N) is 1. The molecule has 5 heteroatoms. The Morgan fingerprint density at radius 2 is 2.17 bits per heavy atom. The molecule has 0 unspecified atom stereocenters. The van der Waals surface area contributed by atoms with Gasteiger partial charge in [0, 0.05) is 17.0 Å². The van der Waals surface area contributed by atoms with Crippen LogP contribution < -0.4 is 4.74 Å². The third-order valence-electron chi connectivity index (χ3n) is 3.97. The molecule has 0 spiro atoms. The highest BCUT2D eigenvalue weighted by Gasteiger charge is 2.27. The van der Waals surface area contributed by atoms with E-state index in [2.05, 4.69) is 11.9 Å². The Morgan fingerprint density at radius 3 is 2.88 bits per heavy atom. The molecule has 0 aliphatic heterocycles. The monoisotopic (exact) mass is 343 g/mol. The Balaban J connectivity index is 1.58. The summed E-state index contributed by atoms with van der Waals surface area (Å²) in [6.45, 7) is 4.55. The Labute approximate surface area is 146 Å². The Bertz CT molecular complexity index is 732. The van der Waals surface area contributed by atoms with Gasteiger partial charge < -0.3 is 9.47 Å². The van der Waals surface area contributed by atoms with Gasteiger partial charge in [0.25, 0.3) is 0 Å².